The second kappa shape index (κ2) is 66.1. The fourth-order valence-electron chi connectivity index (χ4n) is 9.58. The van der Waals surface area contributed by atoms with Gasteiger partial charge >= 0.3 is 17.9 Å². The van der Waals surface area contributed by atoms with Crippen molar-refractivity contribution < 1.29 is 28.6 Å². The summed E-state index contributed by atoms with van der Waals surface area (Å²) in [6.45, 7) is 6.54. The Bertz CT molecular complexity index is 1480. The van der Waals surface area contributed by atoms with E-state index < -0.39 is 6.10 Å². The van der Waals surface area contributed by atoms with Crippen LogP contribution >= 0.6 is 0 Å². The van der Waals surface area contributed by atoms with Crippen LogP contribution in [0.5, 0.6) is 0 Å². The van der Waals surface area contributed by atoms with Gasteiger partial charge in [0, 0.05) is 19.3 Å². The molecular formula is C72H126O6. The molecule has 0 fully saturated rings. The molecule has 0 aromatic heterocycles. The maximum Gasteiger partial charge on any atom is 0.306 e. The molecule has 6 nitrogen and oxygen atoms in total. The highest BCUT2D eigenvalue weighted by Gasteiger charge is 2.19. The van der Waals surface area contributed by atoms with Crippen molar-refractivity contribution in [2.75, 3.05) is 13.2 Å². The molecule has 0 radical (unpaired) electrons. The lowest BCUT2D eigenvalue weighted by molar-refractivity contribution is -0.167. The van der Waals surface area contributed by atoms with Gasteiger partial charge in [-0.1, -0.05) is 286 Å². The molecule has 1 atom stereocenters. The molecule has 0 saturated heterocycles. The predicted molar refractivity (Wildman–Crippen MR) is 339 cm³/mol. The molecule has 0 bridgehead atoms. The Hall–Kier alpha value is -3.41. The van der Waals surface area contributed by atoms with Crippen LogP contribution in [-0.4, -0.2) is 37.2 Å². The number of ether oxygens (including phenoxy) is 3. The quantitative estimate of drug-likeness (QED) is 0.0261. The fourth-order valence-corrected chi connectivity index (χ4v) is 9.58. The monoisotopic (exact) mass is 1090 g/mol. The molecule has 0 aliphatic carbocycles. The maximum atomic E-state index is 12.9. The summed E-state index contributed by atoms with van der Waals surface area (Å²) in [5.41, 5.74) is 0. The summed E-state index contributed by atoms with van der Waals surface area (Å²) in [7, 11) is 0. The van der Waals surface area contributed by atoms with Crippen LogP contribution in [0.4, 0.5) is 0 Å². The van der Waals surface area contributed by atoms with Crippen LogP contribution in [0, 0.1) is 0 Å². The third kappa shape index (κ3) is 63.4. The smallest absolute Gasteiger partial charge is 0.306 e. The lowest BCUT2D eigenvalue weighted by Gasteiger charge is -2.18. The van der Waals surface area contributed by atoms with E-state index in [-0.39, 0.29) is 31.1 Å². The zero-order valence-corrected chi connectivity index (χ0v) is 51.7. The predicted octanol–water partition coefficient (Wildman–Crippen LogP) is 23.1. The van der Waals surface area contributed by atoms with E-state index in [2.05, 4.69) is 106 Å². The van der Waals surface area contributed by atoms with E-state index in [1.807, 2.05) is 0 Å². The van der Waals surface area contributed by atoms with Crippen molar-refractivity contribution in [3.8, 4) is 0 Å². The average Bonchev–Trinajstić information content (AvgIpc) is 3.44. The number of allylic oxidation sites excluding steroid dienone is 14. The maximum absolute atomic E-state index is 12.9. The molecule has 0 rings (SSSR count). The van der Waals surface area contributed by atoms with E-state index in [4.69, 9.17) is 14.2 Å². The van der Waals surface area contributed by atoms with Crippen molar-refractivity contribution in [2.24, 2.45) is 0 Å². The second-order valence-corrected chi connectivity index (χ2v) is 22.3. The summed E-state index contributed by atoms with van der Waals surface area (Å²) in [5, 5.41) is 0. The number of carbonyl (C=O) groups excluding carboxylic acids is 3. The van der Waals surface area contributed by atoms with Gasteiger partial charge in [-0.05, 0) is 116 Å². The standard InChI is InChI=1S/C72H126O6/c1-4-7-10-13-16-19-22-25-28-31-33-35-36-38-39-41-44-47-50-53-56-59-62-65-71(74)77-68-69(67-76-70(73)64-61-58-55-52-49-46-43-30-27-24-21-18-15-12-9-6-3)78-72(75)66-63-60-57-54-51-48-45-42-40-37-34-32-29-26-23-20-17-14-11-8-5-2/h8,11,17,20,26,29-31,33-34,37,42-43,45,69H,4-7,9-10,12-16,18-19,21-25,27-28,32,35-36,38-41,44,46-68H2,1-3H3/b11-8-,20-17-,29-26-,33-31-,37-34-,43-30-,45-42-. The number of esters is 3. The Kier molecular flexibility index (Phi) is 63.2. The first-order valence-electron chi connectivity index (χ1n) is 33.6. The summed E-state index contributed by atoms with van der Waals surface area (Å²) in [4.78, 5) is 38.4. The second-order valence-electron chi connectivity index (χ2n) is 22.3. The SMILES string of the molecule is CC/C=C\C/C=C\C/C=C\C/C=C\C/C=C\CCCCCCCC(=O)OC(COC(=O)CCCCCCC/C=C\CCCCCCCCC)COC(=O)CCCCCCCCCCCCC/C=C\CCCCCCCCCC. The van der Waals surface area contributed by atoms with Crippen LogP contribution < -0.4 is 0 Å². The Morgan fingerprint density at radius 2 is 0.500 bits per heavy atom. The third-order valence-corrected chi connectivity index (χ3v) is 14.6. The summed E-state index contributed by atoms with van der Waals surface area (Å²) >= 11 is 0. The summed E-state index contributed by atoms with van der Waals surface area (Å²) in [6.07, 6.45) is 87.3. The molecule has 6 heteroatoms. The molecule has 0 saturated carbocycles. The van der Waals surface area contributed by atoms with Crippen LogP contribution in [0.3, 0.4) is 0 Å². The van der Waals surface area contributed by atoms with Gasteiger partial charge in [-0.2, -0.15) is 0 Å². The highest BCUT2D eigenvalue weighted by molar-refractivity contribution is 5.71. The molecule has 78 heavy (non-hydrogen) atoms. The minimum atomic E-state index is -0.793. The average molecular weight is 1090 g/mol. The van der Waals surface area contributed by atoms with E-state index in [0.717, 1.165) is 116 Å². The largest absolute Gasteiger partial charge is 0.462 e. The molecule has 0 spiro atoms. The Morgan fingerprint density at radius 3 is 0.795 bits per heavy atom. The van der Waals surface area contributed by atoms with Crippen molar-refractivity contribution in [3.63, 3.8) is 0 Å². The van der Waals surface area contributed by atoms with Crippen molar-refractivity contribution in [3.05, 3.63) is 85.1 Å². The van der Waals surface area contributed by atoms with E-state index in [9.17, 15) is 14.4 Å². The van der Waals surface area contributed by atoms with Gasteiger partial charge in [-0.15, -0.1) is 0 Å². The minimum Gasteiger partial charge on any atom is -0.462 e. The van der Waals surface area contributed by atoms with Crippen LogP contribution in [0.15, 0.2) is 85.1 Å². The lowest BCUT2D eigenvalue weighted by Crippen LogP contribution is -2.30. The first-order chi connectivity index (χ1) is 38.5. The Labute approximate surface area is 484 Å². The number of hydrogen-bond donors (Lipinski definition) is 0. The van der Waals surface area contributed by atoms with Gasteiger partial charge in [0.25, 0.3) is 0 Å². The third-order valence-electron chi connectivity index (χ3n) is 14.6. The van der Waals surface area contributed by atoms with Gasteiger partial charge in [0.15, 0.2) is 6.10 Å². The number of carbonyl (C=O) groups is 3. The van der Waals surface area contributed by atoms with E-state index in [1.165, 1.54) is 180 Å². The lowest BCUT2D eigenvalue weighted by atomic mass is 10.0. The highest BCUT2D eigenvalue weighted by atomic mass is 16.6. The normalized spacial score (nSPS) is 12.6. The molecule has 0 aromatic rings. The van der Waals surface area contributed by atoms with Gasteiger partial charge in [0.05, 0.1) is 0 Å². The molecule has 0 aromatic carbocycles. The number of rotatable bonds is 61. The Morgan fingerprint density at radius 1 is 0.269 bits per heavy atom. The van der Waals surface area contributed by atoms with Gasteiger partial charge in [-0.3, -0.25) is 14.4 Å². The van der Waals surface area contributed by atoms with Gasteiger partial charge in [-0.25, -0.2) is 0 Å². The van der Waals surface area contributed by atoms with Gasteiger partial charge in [0.1, 0.15) is 13.2 Å². The van der Waals surface area contributed by atoms with Crippen molar-refractivity contribution in [1.82, 2.24) is 0 Å². The van der Waals surface area contributed by atoms with Gasteiger partial charge in [0.2, 0.25) is 0 Å². The van der Waals surface area contributed by atoms with Crippen LogP contribution in [0.2, 0.25) is 0 Å². The van der Waals surface area contributed by atoms with E-state index >= 15 is 0 Å². The molecule has 0 amide bonds. The van der Waals surface area contributed by atoms with Crippen molar-refractivity contribution >= 4 is 17.9 Å². The number of hydrogen-bond acceptors (Lipinski definition) is 6. The summed E-state index contributed by atoms with van der Waals surface area (Å²) in [6, 6.07) is 0. The van der Waals surface area contributed by atoms with Crippen LogP contribution in [0.1, 0.15) is 335 Å². The zero-order chi connectivity index (χ0) is 56.4. The highest BCUT2D eigenvalue weighted by Crippen LogP contribution is 2.16. The van der Waals surface area contributed by atoms with E-state index in [0.29, 0.717) is 19.3 Å². The molecule has 0 aliphatic heterocycles. The van der Waals surface area contributed by atoms with Gasteiger partial charge < -0.3 is 14.2 Å². The Balaban J connectivity index is 4.39. The van der Waals surface area contributed by atoms with Crippen molar-refractivity contribution in [1.29, 1.82) is 0 Å². The first-order valence-corrected chi connectivity index (χ1v) is 33.6. The van der Waals surface area contributed by atoms with E-state index in [1.54, 1.807) is 0 Å². The zero-order valence-electron chi connectivity index (χ0n) is 51.7. The van der Waals surface area contributed by atoms with Crippen LogP contribution in [0.25, 0.3) is 0 Å². The molecular weight excluding hydrogens is 961 g/mol. The molecule has 0 N–H and O–H groups in total. The molecule has 1 unspecified atom stereocenters. The first kappa shape index (κ1) is 74.6. The molecule has 0 heterocycles. The summed E-state index contributed by atoms with van der Waals surface area (Å²) in [5.74, 6) is -0.900. The van der Waals surface area contributed by atoms with Crippen LogP contribution in [-0.2, 0) is 28.6 Å². The minimum absolute atomic E-state index is 0.0861. The summed E-state index contributed by atoms with van der Waals surface area (Å²) < 4.78 is 17.0. The molecule has 0 aliphatic rings. The topological polar surface area (TPSA) is 78.9 Å². The number of unbranched alkanes of at least 4 members (excludes halogenated alkanes) is 36. The van der Waals surface area contributed by atoms with Crippen molar-refractivity contribution in [2.45, 2.75) is 341 Å². The fraction of sp³-hybridized carbons (Fsp3) is 0.764. The molecule has 450 valence electrons.